The average Bonchev–Trinajstić information content (AvgIpc) is 2.49. The minimum absolute atomic E-state index is 0.0895. The Morgan fingerprint density at radius 2 is 1.83 bits per heavy atom. The van der Waals surface area contributed by atoms with Crippen molar-refractivity contribution in [3.63, 3.8) is 0 Å². The number of hydrogen-bond acceptors (Lipinski definition) is 3. The molecule has 7 heteroatoms. The van der Waals surface area contributed by atoms with Crippen LogP contribution in [0.3, 0.4) is 0 Å². The average molecular weight is 398 g/mol. The van der Waals surface area contributed by atoms with Crippen LogP contribution in [0.1, 0.15) is 33.2 Å². The van der Waals surface area contributed by atoms with E-state index in [4.69, 9.17) is 4.74 Å². The zero-order chi connectivity index (χ0) is 17.9. The molecule has 1 amide bonds. The van der Waals surface area contributed by atoms with Crippen molar-refractivity contribution < 1.29 is 23.1 Å². The highest BCUT2D eigenvalue weighted by Crippen LogP contribution is 2.30. The first-order valence-electron chi connectivity index (χ1n) is 7.07. The number of nitrogens with one attached hydrogen (secondary N) is 1. The molecule has 0 fully saturated rings. The van der Waals surface area contributed by atoms with Crippen LogP contribution in [0.5, 0.6) is 0 Å². The summed E-state index contributed by atoms with van der Waals surface area (Å²) in [6.45, 7) is 3.56. The maximum atomic E-state index is 13.7. The number of hydrogen-bond donors (Lipinski definition) is 1. The number of rotatable bonds is 4. The van der Waals surface area contributed by atoms with Gasteiger partial charge in [-0.3, -0.25) is 4.79 Å². The molecule has 0 heterocycles. The lowest BCUT2D eigenvalue weighted by molar-refractivity contribution is 0.0527. The van der Waals surface area contributed by atoms with Crippen LogP contribution in [0.25, 0.3) is 0 Å². The van der Waals surface area contributed by atoms with Crippen molar-refractivity contribution in [3.05, 3.63) is 63.1 Å². The molecule has 126 valence electrons. The second kappa shape index (κ2) is 7.53. The van der Waals surface area contributed by atoms with E-state index in [1.54, 1.807) is 19.9 Å². The van der Waals surface area contributed by atoms with Gasteiger partial charge < -0.3 is 10.1 Å². The van der Waals surface area contributed by atoms with Crippen molar-refractivity contribution in [2.45, 2.75) is 13.8 Å². The largest absolute Gasteiger partial charge is 0.462 e. The van der Waals surface area contributed by atoms with E-state index >= 15 is 0 Å². The molecule has 2 aromatic carbocycles. The minimum atomic E-state index is -0.999. The molecular formula is C17H14BrF2NO3. The minimum Gasteiger partial charge on any atom is -0.462 e. The van der Waals surface area contributed by atoms with Crippen molar-refractivity contribution in [1.82, 2.24) is 0 Å². The fraction of sp³-hybridized carbons (Fsp3) is 0.176. The number of ether oxygens (including phenoxy) is 1. The number of anilines is 1. The predicted octanol–water partition coefficient (Wildman–Crippen LogP) is 4.46. The molecule has 0 aromatic heterocycles. The number of esters is 1. The third-order valence-corrected chi connectivity index (χ3v) is 3.78. The number of amides is 1. The van der Waals surface area contributed by atoms with E-state index in [0.717, 1.165) is 23.8 Å². The van der Waals surface area contributed by atoms with Crippen molar-refractivity contribution in [2.24, 2.45) is 0 Å². The molecule has 4 nitrogen and oxygen atoms in total. The van der Waals surface area contributed by atoms with Crippen LogP contribution in [0.2, 0.25) is 0 Å². The van der Waals surface area contributed by atoms with E-state index in [9.17, 15) is 18.4 Å². The SMILES string of the molecule is CCOC(=O)c1cc(C)cc(Br)c1NC(=O)c1c(F)cccc1F. The number of benzene rings is 2. The Bertz CT molecular complexity index is 788. The fourth-order valence-electron chi connectivity index (χ4n) is 2.13. The Morgan fingerprint density at radius 3 is 2.42 bits per heavy atom. The normalized spacial score (nSPS) is 10.4. The van der Waals surface area contributed by atoms with E-state index in [0.29, 0.717) is 4.47 Å². The smallest absolute Gasteiger partial charge is 0.340 e. The fourth-order valence-corrected chi connectivity index (χ4v) is 2.80. The van der Waals surface area contributed by atoms with Crippen molar-refractivity contribution in [3.8, 4) is 0 Å². The van der Waals surface area contributed by atoms with E-state index in [1.165, 1.54) is 6.07 Å². The van der Waals surface area contributed by atoms with Gasteiger partial charge in [-0.15, -0.1) is 0 Å². The summed E-state index contributed by atoms with van der Waals surface area (Å²) in [5, 5.41) is 2.38. The van der Waals surface area contributed by atoms with Crippen LogP contribution in [-0.4, -0.2) is 18.5 Å². The number of aryl methyl sites for hydroxylation is 1. The molecule has 1 N–H and O–H groups in total. The van der Waals surface area contributed by atoms with Gasteiger partial charge in [0.1, 0.15) is 17.2 Å². The van der Waals surface area contributed by atoms with Crippen molar-refractivity contribution >= 4 is 33.5 Å². The summed E-state index contributed by atoms with van der Waals surface area (Å²) in [5.41, 5.74) is 0.209. The van der Waals surface area contributed by atoms with Gasteiger partial charge in [-0.2, -0.15) is 0 Å². The van der Waals surface area contributed by atoms with Gasteiger partial charge in [0.15, 0.2) is 0 Å². The van der Waals surface area contributed by atoms with Gasteiger partial charge in [-0.25, -0.2) is 13.6 Å². The van der Waals surface area contributed by atoms with Crippen LogP contribution < -0.4 is 5.32 Å². The highest BCUT2D eigenvalue weighted by molar-refractivity contribution is 9.10. The highest BCUT2D eigenvalue weighted by Gasteiger charge is 2.22. The van der Waals surface area contributed by atoms with Crippen LogP contribution in [-0.2, 0) is 4.74 Å². The predicted molar refractivity (Wildman–Crippen MR) is 89.1 cm³/mol. The van der Waals surface area contributed by atoms with Gasteiger partial charge in [0, 0.05) is 4.47 Å². The number of carbonyl (C=O) groups excluding carboxylic acids is 2. The summed E-state index contributed by atoms with van der Waals surface area (Å²) in [6, 6.07) is 6.31. The molecular weight excluding hydrogens is 384 g/mol. The number of halogens is 3. The van der Waals surface area contributed by atoms with Gasteiger partial charge in [-0.1, -0.05) is 6.07 Å². The monoisotopic (exact) mass is 397 g/mol. The van der Waals surface area contributed by atoms with Crippen LogP contribution in [0.4, 0.5) is 14.5 Å². The molecule has 0 unspecified atom stereocenters. The lowest BCUT2D eigenvalue weighted by Crippen LogP contribution is -2.19. The molecule has 2 rings (SSSR count). The Labute approximate surface area is 145 Å². The molecule has 0 aliphatic rings. The topological polar surface area (TPSA) is 55.4 Å². The van der Waals surface area contributed by atoms with Gasteiger partial charge in [0.2, 0.25) is 0 Å². The molecule has 2 aromatic rings. The molecule has 0 spiro atoms. The maximum absolute atomic E-state index is 13.7. The lowest BCUT2D eigenvalue weighted by Gasteiger charge is -2.14. The summed E-state index contributed by atoms with van der Waals surface area (Å²) < 4.78 is 32.8. The third-order valence-electron chi connectivity index (χ3n) is 3.16. The first-order valence-corrected chi connectivity index (χ1v) is 7.87. The Balaban J connectivity index is 2.46. The highest BCUT2D eigenvalue weighted by atomic mass is 79.9. The summed E-state index contributed by atoms with van der Waals surface area (Å²) >= 11 is 3.25. The second-order valence-electron chi connectivity index (χ2n) is 4.94. The molecule has 0 atom stereocenters. The van der Waals surface area contributed by atoms with Crippen LogP contribution in [0.15, 0.2) is 34.8 Å². The molecule has 0 saturated carbocycles. The summed E-state index contributed by atoms with van der Waals surface area (Å²) in [5.74, 6) is -3.63. The lowest BCUT2D eigenvalue weighted by atomic mass is 10.1. The summed E-state index contributed by atoms with van der Waals surface area (Å²) in [4.78, 5) is 24.3. The second-order valence-corrected chi connectivity index (χ2v) is 5.79. The zero-order valence-electron chi connectivity index (χ0n) is 13.0. The van der Waals surface area contributed by atoms with Crippen molar-refractivity contribution in [1.29, 1.82) is 0 Å². The molecule has 0 aliphatic carbocycles. The van der Waals surface area contributed by atoms with Gasteiger partial charge in [0.25, 0.3) is 5.91 Å². The Hall–Kier alpha value is -2.28. The van der Waals surface area contributed by atoms with Gasteiger partial charge >= 0.3 is 5.97 Å². The van der Waals surface area contributed by atoms with E-state index < -0.39 is 29.1 Å². The molecule has 0 bridgehead atoms. The van der Waals surface area contributed by atoms with Crippen molar-refractivity contribution in [2.75, 3.05) is 11.9 Å². The zero-order valence-corrected chi connectivity index (χ0v) is 14.5. The van der Waals surface area contributed by atoms with E-state index in [2.05, 4.69) is 21.2 Å². The van der Waals surface area contributed by atoms with Crippen LogP contribution >= 0.6 is 15.9 Å². The first-order chi connectivity index (χ1) is 11.3. The standard InChI is InChI=1S/C17H14BrF2NO3/c1-3-24-17(23)10-7-9(2)8-11(18)15(10)21-16(22)14-12(19)5-4-6-13(14)20/h4-8H,3H2,1-2H3,(H,21,22). The maximum Gasteiger partial charge on any atom is 0.340 e. The molecule has 0 aliphatic heterocycles. The Kier molecular flexibility index (Phi) is 5.66. The van der Waals surface area contributed by atoms with Gasteiger partial charge in [0.05, 0.1) is 17.9 Å². The quantitative estimate of drug-likeness (QED) is 0.774. The van der Waals surface area contributed by atoms with Gasteiger partial charge in [-0.05, 0) is 59.6 Å². The number of carbonyl (C=O) groups is 2. The molecule has 0 saturated heterocycles. The Morgan fingerprint density at radius 1 is 1.21 bits per heavy atom. The molecule has 0 radical (unpaired) electrons. The summed E-state index contributed by atoms with van der Waals surface area (Å²) in [6.07, 6.45) is 0. The van der Waals surface area contributed by atoms with E-state index in [-0.39, 0.29) is 17.9 Å². The van der Waals surface area contributed by atoms with Crippen LogP contribution in [0, 0.1) is 18.6 Å². The molecule has 24 heavy (non-hydrogen) atoms. The summed E-state index contributed by atoms with van der Waals surface area (Å²) in [7, 11) is 0. The van der Waals surface area contributed by atoms with E-state index in [1.807, 2.05) is 0 Å². The first kappa shape index (κ1) is 18.1. The third kappa shape index (κ3) is 3.79.